The zero-order chi connectivity index (χ0) is 12.6. The van der Waals surface area contributed by atoms with Crippen LogP contribution < -0.4 is 10.6 Å². The van der Waals surface area contributed by atoms with E-state index in [4.69, 9.17) is 0 Å². The molecule has 1 atom stereocenters. The first-order valence-corrected chi connectivity index (χ1v) is 5.53. The summed E-state index contributed by atoms with van der Waals surface area (Å²) in [5.74, 6) is -1.49. The highest BCUT2D eigenvalue weighted by molar-refractivity contribution is 5.96. The van der Waals surface area contributed by atoms with Crippen LogP contribution in [0.2, 0.25) is 0 Å². The van der Waals surface area contributed by atoms with E-state index in [9.17, 15) is 13.6 Å². The first-order valence-electron chi connectivity index (χ1n) is 5.53. The Morgan fingerprint density at radius 1 is 1.35 bits per heavy atom. The Kier molecular flexibility index (Phi) is 3.00. The third kappa shape index (κ3) is 2.38. The summed E-state index contributed by atoms with van der Waals surface area (Å²) in [4.78, 5) is 11.6. The van der Waals surface area contributed by atoms with Gasteiger partial charge in [0, 0.05) is 18.5 Å². The second-order valence-electron chi connectivity index (χ2n) is 4.56. The van der Waals surface area contributed by atoms with Gasteiger partial charge in [-0.1, -0.05) is 13.8 Å². The molecule has 92 valence electrons. The lowest BCUT2D eigenvalue weighted by Crippen LogP contribution is -2.27. The molecule has 1 aromatic carbocycles. The van der Waals surface area contributed by atoms with Crippen molar-refractivity contribution >= 4 is 17.3 Å². The Labute approximate surface area is 98.2 Å². The van der Waals surface area contributed by atoms with Gasteiger partial charge < -0.3 is 10.6 Å². The van der Waals surface area contributed by atoms with Gasteiger partial charge in [-0.25, -0.2) is 8.78 Å². The molecular weight excluding hydrogens is 226 g/mol. The second kappa shape index (κ2) is 4.31. The molecule has 0 aliphatic carbocycles. The van der Waals surface area contributed by atoms with Crippen LogP contribution in [0, 0.1) is 17.6 Å². The van der Waals surface area contributed by atoms with Crippen LogP contribution in [-0.2, 0) is 4.79 Å². The van der Waals surface area contributed by atoms with Gasteiger partial charge in [0.05, 0.1) is 5.69 Å². The van der Waals surface area contributed by atoms with E-state index in [0.29, 0.717) is 5.69 Å². The molecule has 0 saturated carbocycles. The number of carbonyl (C=O) groups excluding carboxylic acids is 1. The fourth-order valence-electron chi connectivity index (χ4n) is 1.86. The number of hydrogen-bond acceptors (Lipinski definition) is 2. The fraction of sp³-hybridized carbons (Fsp3) is 0.417. The number of hydrogen-bond donors (Lipinski definition) is 2. The molecule has 1 aromatic rings. The Morgan fingerprint density at radius 2 is 2.06 bits per heavy atom. The third-order valence-corrected chi connectivity index (χ3v) is 2.87. The maximum Gasteiger partial charge on any atom is 0.226 e. The van der Waals surface area contributed by atoms with Crippen molar-refractivity contribution in [3.8, 4) is 0 Å². The van der Waals surface area contributed by atoms with Gasteiger partial charge >= 0.3 is 0 Å². The van der Waals surface area contributed by atoms with Crippen molar-refractivity contribution in [3.63, 3.8) is 0 Å². The van der Waals surface area contributed by atoms with Crippen LogP contribution in [0.25, 0.3) is 0 Å². The van der Waals surface area contributed by atoms with Gasteiger partial charge in [0.15, 0.2) is 5.82 Å². The standard InChI is InChI=1S/C12H14F2N2O/c1-6(2)9-5-11(17)16-12-8(14)3-7(13)4-10(12)15-9/h3-4,6,9,15H,5H2,1-2H3,(H,16,17). The lowest BCUT2D eigenvalue weighted by Gasteiger charge is -2.20. The zero-order valence-corrected chi connectivity index (χ0v) is 9.68. The van der Waals surface area contributed by atoms with Crippen LogP contribution >= 0.6 is 0 Å². The summed E-state index contributed by atoms with van der Waals surface area (Å²) in [6.07, 6.45) is 0.243. The highest BCUT2D eigenvalue weighted by Gasteiger charge is 2.25. The summed E-state index contributed by atoms with van der Waals surface area (Å²) in [5.41, 5.74) is 0.326. The number of carbonyl (C=O) groups is 1. The maximum atomic E-state index is 13.5. The molecule has 1 aliphatic rings. The first kappa shape index (κ1) is 11.8. The second-order valence-corrected chi connectivity index (χ2v) is 4.56. The minimum atomic E-state index is -0.759. The fourth-order valence-corrected chi connectivity index (χ4v) is 1.86. The summed E-state index contributed by atoms with van der Waals surface area (Å²) in [5, 5.41) is 5.47. The molecule has 3 nitrogen and oxygen atoms in total. The molecular formula is C12H14F2N2O. The van der Waals surface area contributed by atoms with Crippen LogP contribution in [0.4, 0.5) is 20.2 Å². The van der Waals surface area contributed by atoms with Crippen molar-refractivity contribution in [3.05, 3.63) is 23.8 Å². The summed E-state index contributed by atoms with van der Waals surface area (Å²) >= 11 is 0. The molecule has 0 aromatic heterocycles. The molecule has 0 spiro atoms. The lowest BCUT2D eigenvalue weighted by atomic mass is 10.0. The molecule has 0 fully saturated rings. The van der Waals surface area contributed by atoms with E-state index in [1.807, 2.05) is 13.8 Å². The van der Waals surface area contributed by atoms with Crippen molar-refractivity contribution < 1.29 is 13.6 Å². The molecule has 1 unspecified atom stereocenters. The highest BCUT2D eigenvalue weighted by atomic mass is 19.1. The largest absolute Gasteiger partial charge is 0.380 e. The predicted octanol–water partition coefficient (Wildman–Crippen LogP) is 2.74. The highest BCUT2D eigenvalue weighted by Crippen LogP contribution is 2.31. The van der Waals surface area contributed by atoms with Crippen LogP contribution in [0.5, 0.6) is 0 Å². The number of anilines is 2. The normalized spacial score (nSPS) is 19.4. The Hall–Kier alpha value is -1.65. The van der Waals surface area contributed by atoms with E-state index in [1.54, 1.807) is 0 Å². The number of benzene rings is 1. The van der Waals surface area contributed by atoms with Crippen LogP contribution in [-0.4, -0.2) is 11.9 Å². The minimum Gasteiger partial charge on any atom is -0.380 e. The average molecular weight is 240 g/mol. The number of halogens is 2. The molecule has 2 N–H and O–H groups in total. The van der Waals surface area contributed by atoms with Crippen molar-refractivity contribution in [1.29, 1.82) is 0 Å². The summed E-state index contributed by atoms with van der Waals surface area (Å²) in [6.45, 7) is 3.90. The van der Waals surface area contributed by atoms with Crippen molar-refractivity contribution in [2.45, 2.75) is 26.3 Å². The van der Waals surface area contributed by atoms with Crippen LogP contribution in [0.1, 0.15) is 20.3 Å². The Morgan fingerprint density at radius 3 is 2.71 bits per heavy atom. The molecule has 1 heterocycles. The predicted molar refractivity (Wildman–Crippen MR) is 61.9 cm³/mol. The van der Waals surface area contributed by atoms with E-state index in [1.165, 1.54) is 6.07 Å². The number of nitrogens with one attached hydrogen (secondary N) is 2. The Bertz CT molecular complexity index is 460. The molecule has 2 rings (SSSR count). The molecule has 17 heavy (non-hydrogen) atoms. The van der Waals surface area contributed by atoms with Gasteiger partial charge in [0.25, 0.3) is 0 Å². The third-order valence-electron chi connectivity index (χ3n) is 2.87. The van der Waals surface area contributed by atoms with Gasteiger partial charge in [-0.2, -0.15) is 0 Å². The van der Waals surface area contributed by atoms with Gasteiger partial charge in [-0.3, -0.25) is 4.79 Å². The van der Waals surface area contributed by atoms with Gasteiger partial charge in [-0.05, 0) is 12.0 Å². The summed E-state index contributed by atoms with van der Waals surface area (Å²) < 4.78 is 26.6. The average Bonchev–Trinajstić information content (AvgIpc) is 2.37. The van der Waals surface area contributed by atoms with Crippen molar-refractivity contribution in [2.24, 2.45) is 5.92 Å². The summed E-state index contributed by atoms with van der Waals surface area (Å²) in [6, 6.07) is 1.83. The van der Waals surface area contributed by atoms with E-state index in [2.05, 4.69) is 10.6 Å². The van der Waals surface area contributed by atoms with Crippen LogP contribution in [0.15, 0.2) is 12.1 Å². The first-order chi connectivity index (χ1) is 7.97. The number of rotatable bonds is 1. The SMILES string of the molecule is CC(C)C1CC(=O)Nc2c(F)cc(F)cc2N1. The molecule has 5 heteroatoms. The summed E-state index contributed by atoms with van der Waals surface area (Å²) in [7, 11) is 0. The zero-order valence-electron chi connectivity index (χ0n) is 9.68. The van der Waals surface area contributed by atoms with Crippen LogP contribution in [0.3, 0.4) is 0 Å². The van der Waals surface area contributed by atoms with Gasteiger partial charge in [-0.15, -0.1) is 0 Å². The number of amides is 1. The maximum absolute atomic E-state index is 13.5. The molecule has 0 bridgehead atoms. The van der Waals surface area contributed by atoms with E-state index >= 15 is 0 Å². The van der Waals surface area contributed by atoms with Gasteiger partial charge in [0.1, 0.15) is 11.5 Å². The minimum absolute atomic E-state index is 0.0274. The van der Waals surface area contributed by atoms with E-state index < -0.39 is 11.6 Å². The van der Waals surface area contributed by atoms with Gasteiger partial charge in [0.2, 0.25) is 5.91 Å². The topological polar surface area (TPSA) is 41.1 Å². The molecule has 0 saturated heterocycles. The smallest absolute Gasteiger partial charge is 0.226 e. The van der Waals surface area contributed by atoms with Crippen molar-refractivity contribution in [2.75, 3.05) is 10.6 Å². The monoisotopic (exact) mass is 240 g/mol. The lowest BCUT2D eigenvalue weighted by molar-refractivity contribution is -0.116. The Balaban J connectivity index is 2.44. The quantitative estimate of drug-likeness (QED) is 0.792. The van der Waals surface area contributed by atoms with E-state index in [-0.39, 0.29) is 30.0 Å². The number of fused-ring (bicyclic) bond motifs is 1. The molecule has 1 amide bonds. The molecule has 1 aliphatic heterocycles. The van der Waals surface area contributed by atoms with E-state index in [0.717, 1.165) is 6.07 Å². The molecule has 0 radical (unpaired) electrons. The van der Waals surface area contributed by atoms with Crippen molar-refractivity contribution in [1.82, 2.24) is 0 Å².